The summed E-state index contributed by atoms with van der Waals surface area (Å²) >= 11 is 0. The summed E-state index contributed by atoms with van der Waals surface area (Å²) in [5, 5.41) is 0. The molecule has 0 nitrogen and oxygen atoms in total. The number of hydrogen-bond donors (Lipinski definition) is 0. The van der Waals surface area contributed by atoms with Crippen molar-refractivity contribution in [2.75, 3.05) is 0 Å². The second-order valence-corrected chi connectivity index (χ2v) is 0. The molecule has 0 saturated carbocycles. The van der Waals surface area contributed by atoms with Gasteiger partial charge in [0.1, 0.15) is 0 Å². The van der Waals surface area contributed by atoms with E-state index in [0.717, 1.165) is 0 Å². The average molecular weight is 340 g/mol. The van der Waals surface area contributed by atoms with Crippen LogP contribution in [-0.4, -0.2) is 34.0 Å². The molecular weight excluding hydrogens is 340 g/mol. The molecule has 7 heteroatoms. The van der Waals surface area contributed by atoms with Gasteiger partial charge < -0.3 is 0 Å². The van der Waals surface area contributed by atoms with E-state index in [9.17, 15) is 0 Å². The van der Waals surface area contributed by atoms with Crippen molar-refractivity contribution < 1.29 is 92.4 Å². The Morgan fingerprint density at radius 3 is 1.00 bits per heavy atom. The van der Waals surface area contributed by atoms with Gasteiger partial charge in [0.05, 0.1) is 0 Å². The molecule has 38 valence electrons. The molecule has 0 aromatic carbocycles. The Bertz CT molecular complexity index is 19.7. The summed E-state index contributed by atoms with van der Waals surface area (Å²) in [5.41, 5.74) is 0. The van der Waals surface area contributed by atoms with Gasteiger partial charge >= 0.3 is 0 Å². The van der Waals surface area contributed by atoms with Crippen LogP contribution in [0.1, 0.15) is 0 Å². The molecule has 8 radical (unpaired) electrons. The van der Waals surface area contributed by atoms with E-state index in [2.05, 4.69) is 0 Å². The predicted octanol–water partition coefficient (Wildman–Crippen LogP) is -0.774. The number of hydrogen-bond acceptors (Lipinski definition) is 0. The zero-order valence-corrected chi connectivity index (χ0v) is 13.6. The van der Waals surface area contributed by atoms with Gasteiger partial charge in [-0.3, -0.25) is 0 Å². The summed E-state index contributed by atoms with van der Waals surface area (Å²) in [6.07, 6.45) is 0. The minimum atomic E-state index is 0. The fourth-order valence-electron chi connectivity index (χ4n) is 0. The van der Waals surface area contributed by atoms with Gasteiger partial charge in [-0.15, -0.1) is 0 Å². The molecule has 0 rings (SSSR count). The summed E-state index contributed by atoms with van der Waals surface area (Å²) in [6.45, 7) is 0. The van der Waals surface area contributed by atoms with Crippen LogP contribution < -0.4 is 0 Å². The van der Waals surface area contributed by atoms with Gasteiger partial charge in [0.2, 0.25) is 0 Å². The molecule has 0 aromatic rings. The summed E-state index contributed by atoms with van der Waals surface area (Å²) in [4.78, 5) is 0. The van der Waals surface area contributed by atoms with Gasteiger partial charge in [-0.05, 0) is 0 Å². The molecule has 0 heterocycles. The van der Waals surface area contributed by atoms with Crippen molar-refractivity contribution in [1.82, 2.24) is 0 Å². The maximum atomic E-state index is 0. The van der Waals surface area contributed by atoms with Gasteiger partial charge in [-0.1, -0.05) is 0 Å². The van der Waals surface area contributed by atoms with Gasteiger partial charge in [0.25, 0.3) is 0 Å². The van der Waals surface area contributed by atoms with Crippen molar-refractivity contribution >= 4 is 34.0 Å². The van der Waals surface area contributed by atoms with Crippen LogP contribution in [0.5, 0.6) is 0 Å². The third-order valence-electron chi connectivity index (χ3n) is 0. The predicted molar refractivity (Wildman–Crippen MR) is 11.5 cm³/mol. The van der Waals surface area contributed by atoms with E-state index in [1.165, 1.54) is 0 Å². The van der Waals surface area contributed by atoms with Crippen molar-refractivity contribution in [1.29, 1.82) is 0 Å². The Morgan fingerprint density at radius 2 is 1.00 bits per heavy atom. The summed E-state index contributed by atoms with van der Waals surface area (Å²) in [7, 11) is 0. The van der Waals surface area contributed by atoms with Gasteiger partial charge in [0, 0.05) is 126 Å². The van der Waals surface area contributed by atoms with E-state index in [1.807, 2.05) is 0 Å². The largest absolute Gasteiger partial charge is 0 e. The molecule has 7 heavy (non-hydrogen) atoms. The van der Waals surface area contributed by atoms with E-state index >= 15 is 0 Å². The van der Waals surface area contributed by atoms with Crippen molar-refractivity contribution in [3.05, 3.63) is 0 Å². The first-order valence-corrected chi connectivity index (χ1v) is 0. The zero-order chi connectivity index (χ0) is 0. The molecule has 0 amide bonds. The van der Waals surface area contributed by atoms with Gasteiger partial charge in [-0.25, -0.2) is 0 Å². The normalized spacial score (nSPS) is 0. The molecule has 0 bridgehead atoms. The van der Waals surface area contributed by atoms with Crippen molar-refractivity contribution in [3.8, 4) is 0 Å². The summed E-state index contributed by atoms with van der Waals surface area (Å²) in [5.74, 6) is 0. The fourth-order valence-corrected chi connectivity index (χ4v) is 0. The summed E-state index contributed by atoms with van der Waals surface area (Å²) in [6, 6.07) is 0. The van der Waals surface area contributed by atoms with Crippen molar-refractivity contribution in [2.24, 2.45) is 0 Å². The van der Waals surface area contributed by atoms with Gasteiger partial charge in [0.15, 0.2) is 0 Å². The maximum absolute atomic E-state index is 0. The first-order chi connectivity index (χ1) is 0. The van der Waals surface area contributed by atoms with Crippen molar-refractivity contribution in [3.63, 3.8) is 0 Å². The third kappa shape index (κ3) is 40.8. The molecule has 0 aromatic heterocycles. The molecule has 0 fully saturated rings. The maximum Gasteiger partial charge on any atom is 0 e. The Balaban J connectivity index is 0. The standard InChI is InChI=1S/Cu.Fe.Mg.Mn.Si.Ti.Zn. The monoisotopic (exact) mass is 338 g/mol. The van der Waals surface area contributed by atoms with Crippen LogP contribution in [0.15, 0.2) is 0 Å². The van der Waals surface area contributed by atoms with Crippen LogP contribution in [-0.2, 0) is 92.4 Å². The first-order valence-electron chi connectivity index (χ1n) is 0. The van der Waals surface area contributed by atoms with E-state index in [1.54, 1.807) is 0 Å². The molecule has 0 aliphatic rings. The zero-order valence-electron chi connectivity index (χ0n) is 3.45. The molecule has 0 N–H and O–H groups in total. The first kappa shape index (κ1) is 70.6. The van der Waals surface area contributed by atoms with Crippen LogP contribution in [0.25, 0.3) is 0 Å². The van der Waals surface area contributed by atoms with Crippen LogP contribution in [0.4, 0.5) is 0 Å². The van der Waals surface area contributed by atoms with Crippen LogP contribution in [0, 0.1) is 0 Å². The Hall–Kier alpha value is 3.88. The Labute approximate surface area is 124 Å². The van der Waals surface area contributed by atoms with Crippen LogP contribution in [0.3, 0.4) is 0 Å². The molecule has 0 saturated heterocycles. The smallest absolute Gasteiger partial charge is 0 e. The molecule has 0 unspecified atom stereocenters. The molecule has 0 atom stereocenters. The van der Waals surface area contributed by atoms with Crippen LogP contribution in [0.2, 0.25) is 0 Å². The molecule has 0 spiro atoms. The second-order valence-electron chi connectivity index (χ2n) is 0. The number of rotatable bonds is 0. The minimum absolute atomic E-state index is 0. The Kier molecular flexibility index (Phi) is 522. The topological polar surface area (TPSA) is 0 Å². The van der Waals surface area contributed by atoms with E-state index in [-0.39, 0.29) is 126 Å². The molecule has 0 aliphatic heterocycles. The SMILES string of the molecule is [Cu].[Fe].[Mg].[Mn].[Si].[Ti].[Zn]. The quantitative estimate of drug-likeness (QED) is 0.508. The molecule has 0 aliphatic carbocycles. The second kappa shape index (κ2) is 51.8. The van der Waals surface area contributed by atoms with Crippen LogP contribution >= 0.6 is 0 Å². The van der Waals surface area contributed by atoms with Crippen molar-refractivity contribution in [2.45, 2.75) is 0 Å². The van der Waals surface area contributed by atoms with E-state index in [0.29, 0.717) is 0 Å². The fraction of sp³-hybridized carbons (Fsp3) is 0. The van der Waals surface area contributed by atoms with Gasteiger partial charge in [-0.2, -0.15) is 0 Å². The third-order valence-corrected chi connectivity index (χ3v) is 0. The Morgan fingerprint density at radius 1 is 1.00 bits per heavy atom. The molecular formula is CuFeMgMnSiTiZn. The van der Waals surface area contributed by atoms with E-state index in [4.69, 9.17) is 0 Å². The average Bonchev–Trinajstić information content (AvgIpc) is 0. The summed E-state index contributed by atoms with van der Waals surface area (Å²) < 4.78 is 0. The van der Waals surface area contributed by atoms with E-state index < -0.39 is 0 Å². The minimum Gasteiger partial charge on any atom is 0 e.